The fourth-order valence-corrected chi connectivity index (χ4v) is 1.87. The van der Waals surface area contributed by atoms with Crippen LogP contribution in [0, 0.1) is 0 Å². The highest BCUT2D eigenvalue weighted by atomic mass is 16.7. The molecule has 1 heterocycles. The molecule has 1 aromatic carbocycles. The van der Waals surface area contributed by atoms with E-state index >= 15 is 0 Å². The third-order valence-electron chi connectivity index (χ3n) is 2.76. The van der Waals surface area contributed by atoms with Gasteiger partial charge in [-0.05, 0) is 18.6 Å². The van der Waals surface area contributed by atoms with E-state index in [1.807, 2.05) is 6.07 Å². The molecule has 92 valence electrons. The van der Waals surface area contributed by atoms with Gasteiger partial charge in [0.15, 0.2) is 0 Å². The van der Waals surface area contributed by atoms with Crippen molar-refractivity contribution >= 4 is 5.97 Å². The van der Waals surface area contributed by atoms with Crippen LogP contribution in [0.5, 0.6) is 0 Å². The van der Waals surface area contributed by atoms with E-state index in [0.717, 1.165) is 0 Å². The van der Waals surface area contributed by atoms with E-state index in [1.165, 1.54) is 5.06 Å². The van der Waals surface area contributed by atoms with Gasteiger partial charge in [-0.25, -0.2) is 4.79 Å². The van der Waals surface area contributed by atoms with Gasteiger partial charge in [0.2, 0.25) is 0 Å². The third kappa shape index (κ3) is 2.82. The van der Waals surface area contributed by atoms with Crippen LogP contribution in [-0.4, -0.2) is 46.5 Å². The predicted octanol–water partition coefficient (Wildman–Crippen LogP) is 0.186. The van der Waals surface area contributed by atoms with Crippen molar-refractivity contribution in [3.8, 4) is 0 Å². The minimum absolute atomic E-state index is 0.140. The average molecular weight is 237 g/mol. The molecule has 0 amide bonds. The molecule has 0 spiro atoms. The molecular formula is C12H15NO4. The number of rotatable bonds is 3. The maximum absolute atomic E-state index is 11.7. The molecule has 5 heteroatoms. The Balaban J connectivity index is 1.99. The van der Waals surface area contributed by atoms with Gasteiger partial charge >= 0.3 is 5.97 Å². The lowest BCUT2D eigenvalue weighted by Gasteiger charge is -2.20. The zero-order chi connectivity index (χ0) is 12.3. The molecule has 0 bridgehead atoms. The summed E-state index contributed by atoms with van der Waals surface area (Å²) in [6.45, 7) is 0.100. The standard InChI is InChI=1S/C12H15NO4/c14-8-10-6-11(15)7-13(10)17-12(16)9-4-2-1-3-5-9/h1-5,10-11,14-15H,6-8H2. The zero-order valence-corrected chi connectivity index (χ0v) is 9.32. The lowest BCUT2D eigenvalue weighted by Crippen LogP contribution is -2.34. The summed E-state index contributed by atoms with van der Waals surface area (Å²) in [5, 5.41) is 19.9. The lowest BCUT2D eigenvalue weighted by molar-refractivity contribution is -0.129. The molecule has 0 aromatic heterocycles. The number of carbonyl (C=O) groups is 1. The zero-order valence-electron chi connectivity index (χ0n) is 9.32. The molecule has 2 atom stereocenters. The van der Waals surface area contributed by atoms with E-state index < -0.39 is 12.1 Å². The molecule has 2 N–H and O–H groups in total. The van der Waals surface area contributed by atoms with Gasteiger partial charge in [0, 0.05) is 0 Å². The van der Waals surface area contributed by atoms with Gasteiger partial charge in [-0.1, -0.05) is 18.2 Å². The van der Waals surface area contributed by atoms with E-state index in [1.54, 1.807) is 24.3 Å². The average Bonchev–Trinajstić information content (AvgIpc) is 2.70. The normalized spacial score (nSPS) is 24.8. The summed E-state index contributed by atoms with van der Waals surface area (Å²) in [6, 6.07) is 8.30. The van der Waals surface area contributed by atoms with E-state index in [0.29, 0.717) is 12.0 Å². The molecule has 1 fully saturated rings. The van der Waals surface area contributed by atoms with Gasteiger partial charge in [-0.2, -0.15) is 0 Å². The first kappa shape index (κ1) is 12.0. The van der Waals surface area contributed by atoms with Gasteiger partial charge in [-0.3, -0.25) is 0 Å². The quantitative estimate of drug-likeness (QED) is 0.785. The van der Waals surface area contributed by atoms with Crippen molar-refractivity contribution in [2.75, 3.05) is 13.2 Å². The first-order valence-electron chi connectivity index (χ1n) is 5.53. The number of hydrogen-bond acceptors (Lipinski definition) is 5. The highest BCUT2D eigenvalue weighted by Gasteiger charge is 2.33. The van der Waals surface area contributed by atoms with E-state index in [4.69, 9.17) is 9.94 Å². The Morgan fingerprint density at radius 3 is 2.76 bits per heavy atom. The molecule has 0 saturated carbocycles. The number of β-amino-alcohol motifs (C(OH)–C–C–N with tert-alkyl or cyclic N) is 1. The predicted molar refractivity (Wildman–Crippen MR) is 60.1 cm³/mol. The molecule has 17 heavy (non-hydrogen) atoms. The highest BCUT2D eigenvalue weighted by molar-refractivity contribution is 5.89. The molecule has 1 aliphatic heterocycles. The summed E-state index contributed by atoms with van der Waals surface area (Å²) in [6.07, 6.45) is -0.144. The summed E-state index contributed by atoms with van der Waals surface area (Å²) in [7, 11) is 0. The third-order valence-corrected chi connectivity index (χ3v) is 2.76. The highest BCUT2D eigenvalue weighted by Crippen LogP contribution is 2.18. The Hall–Kier alpha value is -1.43. The minimum Gasteiger partial charge on any atom is -0.395 e. The summed E-state index contributed by atoms with van der Waals surface area (Å²) < 4.78 is 0. The summed E-state index contributed by atoms with van der Waals surface area (Å²) in [4.78, 5) is 16.9. The topological polar surface area (TPSA) is 70.0 Å². The number of aliphatic hydroxyl groups is 2. The fourth-order valence-electron chi connectivity index (χ4n) is 1.87. The smallest absolute Gasteiger partial charge is 0.357 e. The summed E-state index contributed by atoms with van der Waals surface area (Å²) >= 11 is 0. The Labute approximate surface area is 99.2 Å². The Morgan fingerprint density at radius 1 is 1.41 bits per heavy atom. The molecule has 2 unspecified atom stereocenters. The van der Waals surface area contributed by atoms with Crippen molar-refractivity contribution in [2.24, 2.45) is 0 Å². The number of carbonyl (C=O) groups excluding carboxylic acids is 1. The van der Waals surface area contributed by atoms with Crippen LogP contribution in [0.3, 0.4) is 0 Å². The van der Waals surface area contributed by atoms with Crippen molar-refractivity contribution in [3.05, 3.63) is 35.9 Å². The minimum atomic E-state index is -0.560. The van der Waals surface area contributed by atoms with Gasteiger partial charge in [0.05, 0.1) is 30.9 Å². The molecular weight excluding hydrogens is 222 g/mol. The van der Waals surface area contributed by atoms with Gasteiger partial charge in [0.25, 0.3) is 0 Å². The molecule has 1 saturated heterocycles. The largest absolute Gasteiger partial charge is 0.395 e. The van der Waals surface area contributed by atoms with Crippen molar-refractivity contribution in [2.45, 2.75) is 18.6 Å². The molecule has 1 aromatic rings. The summed E-state index contributed by atoms with van der Waals surface area (Å²) in [5.41, 5.74) is 0.450. The van der Waals surface area contributed by atoms with Gasteiger partial charge in [-0.15, -0.1) is 5.06 Å². The second-order valence-corrected chi connectivity index (χ2v) is 4.07. The van der Waals surface area contributed by atoms with Gasteiger partial charge < -0.3 is 15.1 Å². The van der Waals surface area contributed by atoms with Crippen LogP contribution in [-0.2, 0) is 4.84 Å². The van der Waals surface area contributed by atoms with Crippen molar-refractivity contribution in [3.63, 3.8) is 0 Å². The number of benzene rings is 1. The molecule has 5 nitrogen and oxygen atoms in total. The SMILES string of the molecule is O=C(ON1CC(O)CC1CO)c1ccccc1. The Bertz CT molecular complexity index is 381. The number of hydrogen-bond donors (Lipinski definition) is 2. The maximum atomic E-state index is 11.7. The summed E-state index contributed by atoms with van der Waals surface area (Å²) in [5.74, 6) is -0.474. The van der Waals surface area contributed by atoms with Gasteiger partial charge in [0.1, 0.15) is 0 Å². The van der Waals surface area contributed by atoms with Crippen LogP contribution in [0.25, 0.3) is 0 Å². The first-order valence-corrected chi connectivity index (χ1v) is 5.53. The van der Waals surface area contributed by atoms with Crippen LogP contribution < -0.4 is 0 Å². The van der Waals surface area contributed by atoms with Crippen molar-refractivity contribution in [1.82, 2.24) is 5.06 Å². The monoisotopic (exact) mass is 237 g/mol. The number of aliphatic hydroxyl groups excluding tert-OH is 2. The molecule has 0 radical (unpaired) electrons. The maximum Gasteiger partial charge on any atom is 0.357 e. The van der Waals surface area contributed by atoms with E-state index in [2.05, 4.69) is 0 Å². The molecule has 0 aliphatic carbocycles. The first-order chi connectivity index (χ1) is 8.20. The van der Waals surface area contributed by atoms with Crippen LogP contribution in [0.1, 0.15) is 16.8 Å². The van der Waals surface area contributed by atoms with Crippen LogP contribution in [0.2, 0.25) is 0 Å². The number of hydroxylamine groups is 2. The molecule has 2 rings (SSSR count). The lowest BCUT2D eigenvalue weighted by atomic mass is 10.2. The Morgan fingerprint density at radius 2 is 2.12 bits per heavy atom. The van der Waals surface area contributed by atoms with Crippen molar-refractivity contribution in [1.29, 1.82) is 0 Å². The van der Waals surface area contributed by atoms with Crippen LogP contribution in [0.4, 0.5) is 0 Å². The second kappa shape index (κ2) is 5.27. The Kier molecular flexibility index (Phi) is 3.73. The van der Waals surface area contributed by atoms with E-state index in [9.17, 15) is 9.90 Å². The van der Waals surface area contributed by atoms with Crippen molar-refractivity contribution < 1.29 is 19.8 Å². The van der Waals surface area contributed by atoms with E-state index in [-0.39, 0.29) is 19.2 Å². The number of nitrogens with zero attached hydrogens (tertiary/aromatic N) is 1. The van der Waals surface area contributed by atoms with Crippen LogP contribution >= 0.6 is 0 Å². The fraction of sp³-hybridized carbons (Fsp3) is 0.417. The molecule has 1 aliphatic rings. The van der Waals surface area contributed by atoms with Crippen LogP contribution in [0.15, 0.2) is 30.3 Å². The second-order valence-electron chi connectivity index (χ2n) is 4.07.